The minimum atomic E-state index is -0.975. The second-order valence-electron chi connectivity index (χ2n) is 6.46. The van der Waals surface area contributed by atoms with Crippen LogP contribution in [-0.2, 0) is 9.53 Å². The van der Waals surface area contributed by atoms with E-state index in [0.29, 0.717) is 6.61 Å². The van der Waals surface area contributed by atoms with Gasteiger partial charge in [-0.25, -0.2) is 4.79 Å². The zero-order valence-corrected chi connectivity index (χ0v) is 14.0. The van der Waals surface area contributed by atoms with Crippen LogP contribution in [0.2, 0.25) is 0 Å². The van der Waals surface area contributed by atoms with E-state index in [9.17, 15) is 9.59 Å². The summed E-state index contributed by atoms with van der Waals surface area (Å²) in [4.78, 5) is 26.6. The molecule has 5 heteroatoms. The average Bonchev–Trinajstić information content (AvgIpc) is 2.69. The van der Waals surface area contributed by atoms with E-state index in [1.807, 2.05) is 52.0 Å². The van der Waals surface area contributed by atoms with E-state index < -0.39 is 11.3 Å². The molecule has 122 valence electrons. The number of aryl methyl sites for hydroxylation is 1. The maximum atomic E-state index is 12.8. The van der Waals surface area contributed by atoms with Gasteiger partial charge in [-0.05, 0) is 51.5 Å². The Labute approximate surface area is 136 Å². The highest BCUT2D eigenvalue weighted by Crippen LogP contribution is 2.47. The quantitative estimate of drug-likeness (QED) is 0.933. The number of carbonyl (C=O) groups excluding carboxylic acids is 2. The number of anilines is 1. The lowest BCUT2D eigenvalue weighted by atomic mass is 9.75. The van der Waals surface area contributed by atoms with Gasteiger partial charge in [-0.2, -0.15) is 0 Å². The second kappa shape index (κ2) is 5.20. The van der Waals surface area contributed by atoms with Crippen LogP contribution in [0.3, 0.4) is 0 Å². The largest absolute Gasteiger partial charge is 0.350 e. The van der Waals surface area contributed by atoms with Crippen LogP contribution in [0.5, 0.6) is 0 Å². The molecule has 1 aliphatic heterocycles. The zero-order chi connectivity index (χ0) is 16.8. The van der Waals surface area contributed by atoms with Crippen molar-refractivity contribution in [3.63, 3.8) is 0 Å². The van der Waals surface area contributed by atoms with Gasteiger partial charge in [0, 0.05) is 18.7 Å². The maximum absolute atomic E-state index is 12.8. The second-order valence-corrected chi connectivity index (χ2v) is 6.46. The fourth-order valence-electron chi connectivity index (χ4n) is 3.80. The van der Waals surface area contributed by atoms with E-state index in [1.54, 1.807) is 11.0 Å². The van der Waals surface area contributed by atoms with Crippen LogP contribution in [-0.4, -0.2) is 29.7 Å². The fraction of sp³-hybridized carbons (Fsp3) is 0.444. The SMILES string of the molecule is CCOC12NC(=O)N(c3ccc(C)cc3)C1(C)CC(=O)C=C2C. The third-order valence-corrected chi connectivity index (χ3v) is 4.84. The summed E-state index contributed by atoms with van der Waals surface area (Å²) in [5.41, 5.74) is 0.842. The van der Waals surface area contributed by atoms with Gasteiger partial charge in [0.1, 0.15) is 5.54 Å². The predicted octanol–water partition coefficient (Wildman–Crippen LogP) is 2.94. The van der Waals surface area contributed by atoms with Crippen LogP contribution in [0.25, 0.3) is 0 Å². The number of hydrogen-bond donors (Lipinski definition) is 1. The Bertz CT molecular complexity index is 695. The van der Waals surface area contributed by atoms with Crippen LogP contribution in [0.1, 0.15) is 32.8 Å². The summed E-state index contributed by atoms with van der Waals surface area (Å²) < 4.78 is 6.01. The van der Waals surface area contributed by atoms with Crippen molar-refractivity contribution < 1.29 is 14.3 Å². The smallest absolute Gasteiger partial charge is 0.325 e. The molecule has 23 heavy (non-hydrogen) atoms. The van der Waals surface area contributed by atoms with Gasteiger partial charge in [0.25, 0.3) is 0 Å². The Kier molecular flexibility index (Phi) is 3.56. The average molecular weight is 314 g/mol. The number of nitrogens with one attached hydrogen (secondary N) is 1. The van der Waals surface area contributed by atoms with E-state index in [0.717, 1.165) is 16.8 Å². The van der Waals surface area contributed by atoms with Gasteiger partial charge in [-0.15, -0.1) is 0 Å². The number of hydrogen-bond acceptors (Lipinski definition) is 3. The number of carbonyl (C=O) groups is 2. The summed E-state index contributed by atoms with van der Waals surface area (Å²) in [6, 6.07) is 7.48. The first-order valence-electron chi connectivity index (χ1n) is 7.88. The Hall–Kier alpha value is -2.14. The number of fused-ring (bicyclic) bond motifs is 1. The Morgan fingerprint density at radius 2 is 1.87 bits per heavy atom. The van der Waals surface area contributed by atoms with Gasteiger partial charge in [0.15, 0.2) is 11.5 Å². The molecule has 2 aliphatic rings. The number of nitrogens with zero attached hydrogens (tertiary/aromatic N) is 1. The summed E-state index contributed by atoms with van der Waals surface area (Å²) in [5.74, 6) is 0.00828. The first kappa shape index (κ1) is 15.7. The number of rotatable bonds is 3. The van der Waals surface area contributed by atoms with E-state index in [-0.39, 0.29) is 18.2 Å². The van der Waals surface area contributed by atoms with Gasteiger partial charge in [-0.1, -0.05) is 17.7 Å². The summed E-state index contributed by atoms with van der Waals surface area (Å²) in [5, 5.41) is 2.99. The topological polar surface area (TPSA) is 58.6 Å². The lowest BCUT2D eigenvalue weighted by molar-refractivity contribution is -0.122. The normalized spacial score (nSPS) is 30.1. The predicted molar refractivity (Wildman–Crippen MR) is 88.3 cm³/mol. The standard InChI is InChI=1S/C18H22N2O3/c1-5-23-18-13(3)10-15(21)11-17(18,4)20(16(22)19-18)14-8-6-12(2)7-9-14/h6-10H,5,11H2,1-4H3,(H,19,22). The molecule has 1 N–H and O–H groups in total. The molecule has 0 radical (unpaired) electrons. The van der Waals surface area contributed by atoms with Crippen molar-refractivity contribution in [2.45, 2.75) is 45.4 Å². The zero-order valence-electron chi connectivity index (χ0n) is 14.0. The van der Waals surface area contributed by atoms with Crippen LogP contribution in [0.15, 0.2) is 35.9 Å². The Morgan fingerprint density at radius 1 is 1.22 bits per heavy atom. The van der Waals surface area contributed by atoms with Crippen molar-refractivity contribution in [2.75, 3.05) is 11.5 Å². The highest BCUT2D eigenvalue weighted by molar-refractivity contribution is 6.03. The molecule has 5 nitrogen and oxygen atoms in total. The van der Waals surface area contributed by atoms with E-state index in [1.165, 1.54) is 0 Å². The molecule has 1 aromatic rings. The van der Waals surface area contributed by atoms with Crippen LogP contribution in [0.4, 0.5) is 10.5 Å². The first-order chi connectivity index (χ1) is 10.8. The van der Waals surface area contributed by atoms with Crippen molar-refractivity contribution in [3.05, 3.63) is 41.5 Å². The molecule has 1 aliphatic carbocycles. The van der Waals surface area contributed by atoms with Crippen molar-refractivity contribution in [1.29, 1.82) is 0 Å². The van der Waals surface area contributed by atoms with Crippen molar-refractivity contribution in [2.24, 2.45) is 0 Å². The highest BCUT2D eigenvalue weighted by Gasteiger charge is 2.64. The lowest BCUT2D eigenvalue weighted by Gasteiger charge is -2.47. The molecule has 3 rings (SSSR count). The Balaban J connectivity index is 2.16. The van der Waals surface area contributed by atoms with E-state index >= 15 is 0 Å². The molecule has 2 atom stereocenters. The molecule has 1 fully saturated rings. The number of benzene rings is 1. The Morgan fingerprint density at radius 3 is 2.48 bits per heavy atom. The third-order valence-electron chi connectivity index (χ3n) is 4.84. The number of ketones is 1. The summed E-state index contributed by atoms with van der Waals surface area (Å²) >= 11 is 0. The van der Waals surface area contributed by atoms with Crippen molar-refractivity contribution >= 4 is 17.5 Å². The first-order valence-corrected chi connectivity index (χ1v) is 7.88. The van der Waals surface area contributed by atoms with Crippen molar-refractivity contribution in [1.82, 2.24) is 5.32 Å². The van der Waals surface area contributed by atoms with Gasteiger partial charge in [0.2, 0.25) is 0 Å². The van der Waals surface area contributed by atoms with E-state index in [2.05, 4.69) is 5.32 Å². The molecule has 2 amide bonds. The van der Waals surface area contributed by atoms with Gasteiger partial charge < -0.3 is 10.1 Å². The molecule has 0 spiro atoms. The molecule has 0 saturated carbocycles. The summed E-state index contributed by atoms with van der Waals surface area (Å²) in [6.07, 6.45) is 1.80. The van der Waals surface area contributed by atoms with E-state index in [4.69, 9.17) is 4.74 Å². The maximum Gasteiger partial charge on any atom is 0.325 e. The molecule has 1 aromatic carbocycles. The third kappa shape index (κ3) is 2.10. The minimum Gasteiger partial charge on any atom is -0.350 e. The lowest BCUT2D eigenvalue weighted by Crippen LogP contribution is -2.64. The van der Waals surface area contributed by atoms with Gasteiger partial charge >= 0.3 is 6.03 Å². The fourth-order valence-corrected chi connectivity index (χ4v) is 3.80. The molecule has 1 heterocycles. The molecule has 1 saturated heterocycles. The minimum absolute atomic E-state index is 0.00828. The highest BCUT2D eigenvalue weighted by atomic mass is 16.5. The van der Waals surface area contributed by atoms with Crippen molar-refractivity contribution in [3.8, 4) is 0 Å². The summed E-state index contributed by atoms with van der Waals surface area (Å²) in [6.45, 7) is 8.08. The van der Waals surface area contributed by atoms with Gasteiger partial charge in [0.05, 0.1) is 0 Å². The van der Waals surface area contributed by atoms with Crippen LogP contribution in [0, 0.1) is 6.92 Å². The number of amides is 2. The molecule has 0 aromatic heterocycles. The molecule has 0 bridgehead atoms. The number of ether oxygens (including phenoxy) is 1. The number of urea groups is 1. The van der Waals surface area contributed by atoms with Crippen LogP contribution < -0.4 is 10.2 Å². The molecular weight excluding hydrogens is 292 g/mol. The monoisotopic (exact) mass is 314 g/mol. The molecular formula is C18H22N2O3. The molecule has 2 unspecified atom stereocenters. The summed E-state index contributed by atoms with van der Waals surface area (Å²) in [7, 11) is 0. The van der Waals surface area contributed by atoms with Crippen LogP contribution >= 0.6 is 0 Å². The number of allylic oxidation sites excluding steroid dienone is 1. The van der Waals surface area contributed by atoms with Gasteiger partial charge in [-0.3, -0.25) is 9.69 Å².